The molecule has 0 aliphatic carbocycles. The lowest BCUT2D eigenvalue weighted by Gasteiger charge is -2.11. The Morgan fingerprint density at radius 1 is 1.05 bits per heavy atom. The Kier molecular flexibility index (Phi) is 3.52. The number of hydrogen-bond acceptors (Lipinski definition) is 2. The molecule has 0 spiro atoms. The monoisotopic (exact) mass is 284 g/mol. The quantitative estimate of drug-likeness (QED) is 0.769. The average molecular weight is 284 g/mol. The molecule has 0 saturated carbocycles. The maximum Gasteiger partial charge on any atom is 0.163 e. The van der Waals surface area contributed by atoms with E-state index in [-0.39, 0.29) is 6.54 Å². The first-order valence-corrected chi connectivity index (χ1v) is 6.68. The molecule has 0 unspecified atom stereocenters. The first kappa shape index (κ1) is 13.5. The fourth-order valence-corrected chi connectivity index (χ4v) is 2.34. The van der Waals surface area contributed by atoms with E-state index in [9.17, 15) is 8.78 Å². The molecule has 3 aromatic rings. The van der Waals surface area contributed by atoms with Gasteiger partial charge in [-0.15, -0.1) is 0 Å². The summed E-state index contributed by atoms with van der Waals surface area (Å²) < 4.78 is 26.9. The van der Waals surface area contributed by atoms with Crippen LogP contribution >= 0.6 is 0 Å². The van der Waals surface area contributed by atoms with Gasteiger partial charge < -0.3 is 5.32 Å². The van der Waals surface area contributed by atoms with Crippen molar-refractivity contribution in [1.82, 2.24) is 4.98 Å². The normalized spacial score (nSPS) is 10.8. The predicted molar refractivity (Wildman–Crippen MR) is 80.2 cm³/mol. The third kappa shape index (κ3) is 2.57. The molecule has 1 aromatic heterocycles. The number of aryl methyl sites for hydroxylation is 1. The summed E-state index contributed by atoms with van der Waals surface area (Å²) in [6.07, 6.45) is 1.74. The fraction of sp³-hybridized carbons (Fsp3) is 0.118. The number of halogens is 2. The molecule has 0 radical (unpaired) electrons. The van der Waals surface area contributed by atoms with Gasteiger partial charge in [0.1, 0.15) is 0 Å². The summed E-state index contributed by atoms with van der Waals surface area (Å²) in [4.78, 5) is 4.35. The highest BCUT2D eigenvalue weighted by Gasteiger charge is 2.08. The van der Waals surface area contributed by atoms with Crippen LogP contribution in [0.5, 0.6) is 0 Å². The number of aromatic nitrogens is 1. The molecule has 2 nitrogen and oxygen atoms in total. The van der Waals surface area contributed by atoms with Gasteiger partial charge in [-0.1, -0.05) is 18.2 Å². The van der Waals surface area contributed by atoms with Crippen LogP contribution in [0.2, 0.25) is 0 Å². The molecular weight excluding hydrogens is 270 g/mol. The van der Waals surface area contributed by atoms with Gasteiger partial charge in [-0.3, -0.25) is 4.98 Å². The topological polar surface area (TPSA) is 24.9 Å². The molecule has 0 bridgehead atoms. The maximum absolute atomic E-state index is 13.7. The minimum Gasteiger partial charge on any atom is -0.380 e. The molecule has 1 N–H and O–H groups in total. The van der Waals surface area contributed by atoms with Crippen molar-refractivity contribution in [2.45, 2.75) is 13.5 Å². The van der Waals surface area contributed by atoms with Crippen LogP contribution in [-0.2, 0) is 6.54 Å². The molecule has 21 heavy (non-hydrogen) atoms. The van der Waals surface area contributed by atoms with Gasteiger partial charge in [0.05, 0.1) is 5.52 Å². The minimum absolute atomic E-state index is 0.219. The number of nitrogens with one attached hydrogen (secondary N) is 1. The van der Waals surface area contributed by atoms with Gasteiger partial charge in [0.15, 0.2) is 11.6 Å². The molecule has 2 aromatic carbocycles. The number of anilines is 1. The van der Waals surface area contributed by atoms with Crippen LogP contribution < -0.4 is 5.32 Å². The second kappa shape index (κ2) is 5.48. The van der Waals surface area contributed by atoms with Crippen LogP contribution in [0.25, 0.3) is 10.9 Å². The summed E-state index contributed by atoms with van der Waals surface area (Å²) >= 11 is 0. The summed E-state index contributed by atoms with van der Waals surface area (Å²) in [7, 11) is 0. The second-order valence-electron chi connectivity index (χ2n) is 4.90. The number of hydrogen-bond donors (Lipinski definition) is 1. The lowest BCUT2D eigenvalue weighted by Crippen LogP contribution is -2.04. The van der Waals surface area contributed by atoms with Crippen LogP contribution in [0.1, 0.15) is 11.1 Å². The Labute approximate surface area is 121 Å². The standard InChI is InChI=1S/C17H14F2N2/c1-11-7-8-15(13-5-3-9-20-17(11)13)21-10-12-4-2-6-14(18)16(12)19/h2-9,21H,10H2,1H3. The van der Waals surface area contributed by atoms with Gasteiger partial charge in [-0.25, -0.2) is 8.78 Å². The maximum atomic E-state index is 13.7. The summed E-state index contributed by atoms with van der Waals surface area (Å²) in [5.74, 6) is -1.63. The third-order valence-electron chi connectivity index (χ3n) is 3.47. The van der Waals surface area contributed by atoms with Crippen molar-refractivity contribution >= 4 is 16.6 Å². The minimum atomic E-state index is -0.829. The van der Waals surface area contributed by atoms with Crippen LogP contribution in [-0.4, -0.2) is 4.98 Å². The highest BCUT2D eigenvalue weighted by Crippen LogP contribution is 2.25. The van der Waals surface area contributed by atoms with Crippen LogP contribution in [0.15, 0.2) is 48.7 Å². The largest absolute Gasteiger partial charge is 0.380 e. The van der Waals surface area contributed by atoms with Crippen molar-refractivity contribution in [3.05, 3.63) is 71.4 Å². The molecule has 1 heterocycles. The Morgan fingerprint density at radius 3 is 2.76 bits per heavy atom. The van der Waals surface area contributed by atoms with E-state index in [1.165, 1.54) is 6.07 Å². The zero-order chi connectivity index (χ0) is 14.8. The molecule has 0 aliphatic rings. The molecule has 0 aliphatic heterocycles. The van der Waals surface area contributed by atoms with Crippen LogP contribution in [0.4, 0.5) is 14.5 Å². The average Bonchev–Trinajstić information content (AvgIpc) is 2.51. The van der Waals surface area contributed by atoms with Gasteiger partial charge in [-0.2, -0.15) is 0 Å². The predicted octanol–water partition coefficient (Wildman–Crippen LogP) is 4.43. The van der Waals surface area contributed by atoms with Crippen molar-refractivity contribution in [3.8, 4) is 0 Å². The summed E-state index contributed by atoms with van der Waals surface area (Å²) in [6, 6.07) is 11.9. The molecule has 0 fully saturated rings. The zero-order valence-corrected chi connectivity index (χ0v) is 11.5. The number of nitrogens with zero attached hydrogens (tertiary/aromatic N) is 1. The van der Waals surface area contributed by atoms with E-state index >= 15 is 0 Å². The second-order valence-corrected chi connectivity index (χ2v) is 4.90. The highest BCUT2D eigenvalue weighted by molar-refractivity contribution is 5.93. The summed E-state index contributed by atoms with van der Waals surface area (Å²) in [6.45, 7) is 2.21. The lowest BCUT2D eigenvalue weighted by atomic mass is 10.1. The summed E-state index contributed by atoms with van der Waals surface area (Å²) in [5.41, 5.74) is 3.13. The number of fused-ring (bicyclic) bond motifs is 1. The van der Waals surface area contributed by atoms with Crippen molar-refractivity contribution in [1.29, 1.82) is 0 Å². The lowest BCUT2D eigenvalue weighted by molar-refractivity contribution is 0.500. The SMILES string of the molecule is Cc1ccc(NCc2cccc(F)c2F)c2cccnc12. The smallest absolute Gasteiger partial charge is 0.163 e. The van der Waals surface area contributed by atoms with Gasteiger partial charge in [0, 0.05) is 29.4 Å². The molecule has 0 saturated heterocycles. The Hall–Kier alpha value is -2.49. The van der Waals surface area contributed by atoms with E-state index < -0.39 is 11.6 Å². The zero-order valence-electron chi connectivity index (χ0n) is 11.5. The molecule has 3 rings (SSSR count). The van der Waals surface area contributed by atoms with E-state index in [0.717, 1.165) is 28.2 Å². The number of pyridine rings is 1. The van der Waals surface area contributed by atoms with Crippen molar-refractivity contribution in [2.75, 3.05) is 5.32 Å². The van der Waals surface area contributed by atoms with Gasteiger partial charge in [0.25, 0.3) is 0 Å². The molecular formula is C17H14F2N2. The molecule has 4 heteroatoms. The molecule has 0 atom stereocenters. The Balaban J connectivity index is 1.92. The van der Waals surface area contributed by atoms with Crippen LogP contribution in [0, 0.1) is 18.6 Å². The third-order valence-corrected chi connectivity index (χ3v) is 3.47. The van der Waals surface area contributed by atoms with E-state index in [4.69, 9.17) is 0 Å². The van der Waals surface area contributed by atoms with E-state index in [2.05, 4.69) is 10.3 Å². The van der Waals surface area contributed by atoms with E-state index in [1.807, 2.05) is 31.2 Å². The first-order valence-electron chi connectivity index (χ1n) is 6.68. The molecule has 0 amide bonds. The van der Waals surface area contributed by atoms with Crippen molar-refractivity contribution in [3.63, 3.8) is 0 Å². The molecule has 106 valence electrons. The summed E-state index contributed by atoms with van der Waals surface area (Å²) in [5, 5.41) is 4.12. The van der Waals surface area contributed by atoms with E-state index in [0.29, 0.717) is 5.56 Å². The Morgan fingerprint density at radius 2 is 1.90 bits per heavy atom. The van der Waals surface area contributed by atoms with Gasteiger partial charge in [0.2, 0.25) is 0 Å². The van der Waals surface area contributed by atoms with Gasteiger partial charge >= 0.3 is 0 Å². The van der Waals surface area contributed by atoms with Crippen molar-refractivity contribution < 1.29 is 8.78 Å². The van der Waals surface area contributed by atoms with Crippen LogP contribution in [0.3, 0.4) is 0 Å². The van der Waals surface area contributed by atoms with E-state index in [1.54, 1.807) is 12.3 Å². The number of rotatable bonds is 3. The first-order chi connectivity index (χ1) is 10.2. The van der Waals surface area contributed by atoms with Crippen molar-refractivity contribution in [2.24, 2.45) is 0 Å². The number of benzene rings is 2. The fourth-order valence-electron chi connectivity index (χ4n) is 2.34. The Bertz CT molecular complexity index is 800. The van der Waals surface area contributed by atoms with Gasteiger partial charge in [-0.05, 0) is 36.8 Å². The highest BCUT2D eigenvalue weighted by atomic mass is 19.2.